The van der Waals surface area contributed by atoms with Crippen LogP contribution < -0.4 is 5.32 Å². The van der Waals surface area contributed by atoms with Crippen LogP contribution in [0, 0.1) is 0 Å². The van der Waals surface area contributed by atoms with E-state index in [2.05, 4.69) is 10.1 Å². The molecule has 1 fully saturated rings. The van der Waals surface area contributed by atoms with Crippen molar-refractivity contribution in [3.8, 4) is 0 Å². The highest BCUT2D eigenvalue weighted by Gasteiger charge is 2.21. The number of rotatable bonds is 4. The Hall–Kier alpha value is -0.610. The SMILES string of the molecule is COC(=O)CNCC1CO1. The van der Waals surface area contributed by atoms with Crippen LogP contribution in [0.5, 0.6) is 0 Å². The molecule has 0 bridgehead atoms. The van der Waals surface area contributed by atoms with Gasteiger partial charge in [-0.05, 0) is 0 Å². The van der Waals surface area contributed by atoms with Crippen LogP contribution in [0.3, 0.4) is 0 Å². The van der Waals surface area contributed by atoms with Crippen molar-refractivity contribution in [2.75, 3.05) is 26.8 Å². The predicted molar refractivity (Wildman–Crippen MR) is 34.6 cm³/mol. The Labute approximate surface area is 59.5 Å². The van der Waals surface area contributed by atoms with Gasteiger partial charge in [0, 0.05) is 6.54 Å². The Morgan fingerprint density at radius 3 is 3.10 bits per heavy atom. The van der Waals surface area contributed by atoms with Crippen LogP contribution in [0.15, 0.2) is 0 Å². The second-order valence-electron chi connectivity index (χ2n) is 2.16. The molecular formula is C6H11NO3. The highest BCUT2D eigenvalue weighted by Crippen LogP contribution is 2.05. The zero-order valence-corrected chi connectivity index (χ0v) is 5.92. The van der Waals surface area contributed by atoms with E-state index in [1.807, 2.05) is 0 Å². The van der Waals surface area contributed by atoms with Gasteiger partial charge in [0.2, 0.25) is 0 Å². The van der Waals surface area contributed by atoms with Crippen molar-refractivity contribution in [1.29, 1.82) is 0 Å². The molecular weight excluding hydrogens is 134 g/mol. The van der Waals surface area contributed by atoms with Gasteiger partial charge >= 0.3 is 5.97 Å². The molecule has 0 spiro atoms. The predicted octanol–water partition coefficient (Wildman–Crippen LogP) is -0.852. The van der Waals surface area contributed by atoms with Gasteiger partial charge in [-0.15, -0.1) is 0 Å². The molecule has 0 amide bonds. The minimum atomic E-state index is -0.236. The monoisotopic (exact) mass is 145 g/mol. The number of hydrogen-bond acceptors (Lipinski definition) is 4. The molecule has 0 aromatic heterocycles. The number of methoxy groups -OCH3 is 1. The average molecular weight is 145 g/mol. The van der Waals surface area contributed by atoms with Crippen LogP contribution in [0.2, 0.25) is 0 Å². The number of carbonyl (C=O) groups excluding carboxylic acids is 1. The van der Waals surface area contributed by atoms with Gasteiger partial charge in [-0.2, -0.15) is 0 Å². The summed E-state index contributed by atoms with van der Waals surface area (Å²) in [5.74, 6) is -0.236. The number of carbonyl (C=O) groups is 1. The van der Waals surface area contributed by atoms with E-state index in [0.717, 1.165) is 13.2 Å². The third-order valence-electron chi connectivity index (χ3n) is 1.27. The number of hydrogen-bond donors (Lipinski definition) is 1. The quantitative estimate of drug-likeness (QED) is 0.413. The molecule has 58 valence electrons. The van der Waals surface area contributed by atoms with Crippen LogP contribution in [0.1, 0.15) is 0 Å². The molecule has 10 heavy (non-hydrogen) atoms. The molecule has 0 aromatic carbocycles. The van der Waals surface area contributed by atoms with Gasteiger partial charge in [0.15, 0.2) is 0 Å². The summed E-state index contributed by atoms with van der Waals surface area (Å²) in [6.45, 7) is 1.83. The first kappa shape index (κ1) is 7.50. The van der Waals surface area contributed by atoms with Crippen molar-refractivity contribution in [2.45, 2.75) is 6.10 Å². The summed E-state index contributed by atoms with van der Waals surface area (Å²) < 4.78 is 9.32. The zero-order chi connectivity index (χ0) is 7.40. The van der Waals surface area contributed by atoms with Crippen LogP contribution >= 0.6 is 0 Å². The van der Waals surface area contributed by atoms with Gasteiger partial charge in [-0.3, -0.25) is 4.79 Å². The Balaban J connectivity index is 1.88. The second kappa shape index (κ2) is 3.53. The molecule has 1 aliphatic heterocycles. The summed E-state index contributed by atoms with van der Waals surface area (Å²) in [6, 6.07) is 0. The minimum Gasteiger partial charge on any atom is -0.468 e. The normalized spacial score (nSPS) is 22.3. The maximum atomic E-state index is 10.5. The second-order valence-corrected chi connectivity index (χ2v) is 2.16. The van der Waals surface area contributed by atoms with Gasteiger partial charge in [0.05, 0.1) is 26.4 Å². The molecule has 4 heteroatoms. The standard InChI is InChI=1S/C6H11NO3/c1-9-6(8)3-7-2-5-4-10-5/h5,7H,2-4H2,1H3. The molecule has 1 atom stereocenters. The Morgan fingerprint density at radius 1 is 1.90 bits per heavy atom. The number of nitrogens with one attached hydrogen (secondary N) is 1. The summed E-state index contributed by atoms with van der Waals surface area (Å²) in [5.41, 5.74) is 0. The van der Waals surface area contributed by atoms with E-state index in [1.54, 1.807) is 0 Å². The van der Waals surface area contributed by atoms with Crippen molar-refractivity contribution < 1.29 is 14.3 Å². The van der Waals surface area contributed by atoms with Crippen molar-refractivity contribution in [2.24, 2.45) is 0 Å². The molecule has 0 aliphatic carbocycles. The topological polar surface area (TPSA) is 50.9 Å². The molecule has 1 N–H and O–H groups in total. The lowest BCUT2D eigenvalue weighted by atomic mass is 10.5. The van der Waals surface area contributed by atoms with Gasteiger partial charge in [-0.25, -0.2) is 0 Å². The van der Waals surface area contributed by atoms with Gasteiger partial charge < -0.3 is 14.8 Å². The summed E-state index contributed by atoms with van der Waals surface area (Å²) in [5, 5.41) is 2.90. The van der Waals surface area contributed by atoms with Crippen LogP contribution in [-0.4, -0.2) is 38.9 Å². The lowest BCUT2D eigenvalue weighted by Gasteiger charge is -1.98. The summed E-state index contributed by atoms with van der Waals surface area (Å²) in [4.78, 5) is 10.5. The van der Waals surface area contributed by atoms with Crippen molar-refractivity contribution in [1.82, 2.24) is 5.32 Å². The molecule has 1 unspecified atom stereocenters. The van der Waals surface area contributed by atoms with Crippen LogP contribution in [0.25, 0.3) is 0 Å². The van der Waals surface area contributed by atoms with Gasteiger partial charge in [0.1, 0.15) is 0 Å². The summed E-state index contributed by atoms with van der Waals surface area (Å²) in [7, 11) is 1.37. The van der Waals surface area contributed by atoms with Crippen LogP contribution in [0.4, 0.5) is 0 Å². The fourth-order valence-corrected chi connectivity index (χ4v) is 0.593. The lowest BCUT2D eigenvalue weighted by molar-refractivity contribution is -0.139. The van der Waals surface area contributed by atoms with E-state index in [9.17, 15) is 4.79 Å². The average Bonchev–Trinajstić information content (AvgIpc) is 2.71. The Kier molecular flexibility index (Phi) is 2.65. The summed E-state index contributed by atoms with van der Waals surface area (Å²) in [6.07, 6.45) is 0.324. The largest absolute Gasteiger partial charge is 0.468 e. The maximum Gasteiger partial charge on any atom is 0.319 e. The van der Waals surface area contributed by atoms with Crippen molar-refractivity contribution in [3.63, 3.8) is 0 Å². The molecule has 0 aromatic rings. The molecule has 1 heterocycles. The third-order valence-corrected chi connectivity index (χ3v) is 1.27. The molecule has 4 nitrogen and oxygen atoms in total. The Morgan fingerprint density at radius 2 is 2.60 bits per heavy atom. The van der Waals surface area contributed by atoms with E-state index >= 15 is 0 Å². The molecule has 1 aliphatic rings. The fourth-order valence-electron chi connectivity index (χ4n) is 0.593. The molecule has 0 saturated carbocycles. The van der Waals surface area contributed by atoms with E-state index in [1.165, 1.54) is 7.11 Å². The number of epoxide rings is 1. The highest BCUT2D eigenvalue weighted by molar-refractivity contribution is 5.71. The van der Waals surface area contributed by atoms with Crippen LogP contribution in [-0.2, 0) is 14.3 Å². The molecule has 1 rings (SSSR count). The van der Waals surface area contributed by atoms with E-state index in [-0.39, 0.29) is 12.5 Å². The van der Waals surface area contributed by atoms with E-state index in [0.29, 0.717) is 6.10 Å². The third kappa shape index (κ3) is 2.80. The minimum absolute atomic E-state index is 0.236. The fraction of sp³-hybridized carbons (Fsp3) is 0.833. The number of ether oxygens (including phenoxy) is 2. The first-order chi connectivity index (χ1) is 4.83. The smallest absolute Gasteiger partial charge is 0.319 e. The lowest BCUT2D eigenvalue weighted by Crippen LogP contribution is -2.27. The first-order valence-electron chi connectivity index (χ1n) is 3.22. The first-order valence-corrected chi connectivity index (χ1v) is 3.22. The number of esters is 1. The van der Waals surface area contributed by atoms with Gasteiger partial charge in [0.25, 0.3) is 0 Å². The summed E-state index contributed by atoms with van der Waals surface area (Å²) >= 11 is 0. The van der Waals surface area contributed by atoms with Crippen molar-refractivity contribution in [3.05, 3.63) is 0 Å². The Bertz CT molecular complexity index is 122. The maximum absolute atomic E-state index is 10.5. The van der Waals surface area contributed by atoms with E-state index < -0.39 is 0 Å². The zero-order valence-electron chi connectivity index (χ0n) is 5.92. The highest BCUT2D eigenvalue weighted by atomic mass is 16.6. The molecule has 1 saturated heterocycles. The van der Waals surface area contributed by atoms with Crippen molar-refractivity contribution >= 4 is 5.97 Å². The van der Waals surface area contributed by atoms with E-state index in [4.69, 9.17) is 4.74 Å². The molecule has 0 radical (unpaired) electrons. The van der Waals surface area contributed by atoms with Gasteiger partial charge in [-0.1, -0.05) is 0 Å².